The highest BCUT2D eigenvalue weighted by Crippen LogP contribution is 2.30. The predicted molar refractivity (Wildman–Crippen MR) is 101 cm³/mol. The maximum atomic E-state index is 13.0. The Balaban J connectivity index is 1.62. The number of benzene rings is 2. The lowest BCUT2D eigenvalue weighted by Gasteiger charge is -2.05. The summed E-state index contributed by atoms with van der Waals surface area (Å²) in [5, 5.41) is 3.21. The Morgan fingerprint density at radius 3 is 2.56 bits per heavy atom. The Morgan fingerprint density at radius 1 is 1.20 bits per heavy atom. The van der Waals surface area contributed by atoms with E-state index >= 15 is 0 Å². The second-order valence-electron chi connectivity index (χ2n) is 5.22. The minimum absolute atomic E-state index is 0.105. The number of halogens is 2. The average Bonchev–Trinajstić information content (AvgIpc) is 2.95. The standard InChI is InChI=1S/C18H14BrFN2O2S/c1-11-17(12-2-6-14(20)7-3-12)22-18(25-11)21-16(23)10-24-15-8-4-13(19)5-9-15/h2-9H,10H2,1H3,(H,21,22,23). The van der Waals surface area contributed by atoms with Crippen LogP contribution in [0.3, 0.4) is 0 Å². The van der Waals surface area contributed by atoms with Crippen molar-refractivity contribution in [3.05, 3.63) is 63.7 Å². The molecule has 0 saturated heterocycles. The van der Waals surface area contributed by atoms with Crippen LogP contribution in [-0.2, 0) is 4.79 Å². The summed E-state index contributed by atoms with van der Waals surface area (Å²) in [6.45, 7) is 1.80. The summed E-state index contributed by atoms with van der Waals surface area (Å²) in [5.41, 5.74) is 1.54. The Morgan fingerprint density at radius 2 is 1.88 bits per heavy atom. The van der Waals surface area contributed by atoms with Crippen LogP contribution >= 0.6 is 27.3 Å². The van der Waals surface area contributed by atoms with E-state index in [2.05, 4.69) is 26.2 Å². The predicted octanol–water partition coefficient (Wildman–Crippen LogP) is 5.04. The average molecular weight is 421 g/mol. The minimum atomic E-state index is -0.296. The Labute approximate surface area is 156 Å². The van der Waals surface area contributed by atoms with Crippen molar-refractivity contribution in [3.63, 3.8) is 0 Å². The van der Waals surface area contributed by atoms with Crippen LogP contribution < -0.4 is 10.1 Å². The number of carbonyl (C=O) groups is 1. The molecule has 7 heteroatoms. The normalized spacial score (nSPS) is 10.5. The van der Waals surface area contributed by atoms with Crippen molar-refractivity contribution < 1.29 is 13.9 Å². The van der Waals surface area contributed by atoms with Crippen LogP contribution in [0.15, 0.2) is 53.0 Å². The molecule has 1 aromatic heterocycles. The molecule has 0 atom stereocenters. The fourth-order valence-electron chi connectivity index (χ4n) is 2.16. The van der Waals surface area contributed by atoms with Gasteiger partial charge in [-0.15, -0.1) is 11.3 Å². The maximum Gasteiger partial charge on any atom is 0.264 e. The first-order valence-electron chi connectivity index (χ1n) is 7.43. The molecule has 3 rings (SSSR count). The van der Waals surface area contributed by atoms with Crippen molar-refractivity contribution in [3.8, 4) is 17.0 Å². The van der Waals surface area contributed by atoms with Crippen LogP contribution in [0.25, 0.3) is 11.3 Å². The minimum Gasteiger partial charge on any atom is -0.484 e. The molecule has 4 nitrogen and oxygen atoms in total. The topological polar surface area (TPSA) is 51.2 Å². The molecule has 1 N–H and O–H groups in total. The second-order valence-corrected chi connectivity index (χ2v) is 7.34. The zero-order chi connectivity index (χ0) is 17.8. The number of aryl methyl sites for hydroxylation is 1. The van der Waals surface area contributed by atoms with Gasteiger partial charge in [0, 0.05) is 14.9 Å². The zero-order valence-corrected chi connectivity index (χ0v) is 15.7. The molecule has 0 saturated carbocycles. The number of thiazole rings is 1. The Hall–Kier alpha value is -2.25. The van der Waals surface area contributed by atoms with Gasteiger partial charge >= 0.3 is 0 Å². The van der Waals surface area contributed by atoms with Gasteiger partial charge in [0.15, 0.2) is 11.7 Å². The Kier molecular flexibility index (Phi) is 5.45. The summed E-state index contributed by atoms with van der Waals surface area (Å²) in [5.74, 6) is 0.0262. The van der Waals surface area contributed by atoms with Crippen LogP contribution in [-0.4, -0.2) is 17.5 Å². The number of hydrogen-bond acceptors (Lipinski definition) is 4. The fourth-order valence-corrected chi connectivity index (χ4v) is 3.28. The van der Waals surface area contributed by atoms with E-state index in [1.807, 2.05) is 19.1 Å². The van der Waals surface area contributed by atoms with E-state index in [0.29, 0.717) is 10.9 Å². The number of hydrogen-bond donors (Lipinski definition) is 1. The first kappa shape index (κ1) is 17.6. The highest BCUT2D eigenvalue weighted by atomic mass is 79.9. The first-order chi connectivity index (χ1) is 12.0. The second kappa shape index (κ2) is 7.76. The summed E-state index contributed by atoms with van der Waals surface area (Å²) < 4.78 is 19.4. The SMILES string of the molecule is Cc1sc(NC(=O)COc2ccc(Br)cc2)nc1-c1ccc(F)cc1. The lowest BCUT2D eigenvalue weighted by atomic mass is 10.1. The largest absolute Gasteiger partial charge is 0.484 e. The number of nitrogens with one attached hydrogen (secondary N) is 1. The van der Waals surface area contributed by atoms with Gasteiger partial charge in [0.25, 0.3) is 5.91 Å². The molecule has 2 aromatic carbocycles. The van der Waals surface area contributed by atoms with E-state index in [1.54, 1.807) is 24.3 Å². The van der Waals surface area contributed by atoms with Gasteiger partial charge in [0.1, 0.15) is 11.6 Å². The summed E-state index contributed by atoms with van der Waals surface area (Å²) in [6, 6.07) is 13.3. The first-order valence-corrected chi connectivity index (χ1v) is 9.04. The van der Waals surface area contributed by atoms with Crippen molar-refractivity contribution >= 4 is 38.3 Å². The Bertz CT molecular complexity index is 879. The number of amides is 1. The molecule has 0 aliphatic heterocycles. The number of rotatable bonds is 5. The van der Waals surface area contributed by atoms with E-state index in [-0.39, 0.29) is 18.3 Å². The van der Waals surface area contributed by atoms with Gasteiger partial charge in [0.2, 0.25) is 0 Å². The van der Waals surface area contributed by atoms with Gasteiger partial charge in [-0.1, -0.05) is 15.9 Å². The van der Waals surface area contributed by atoms with Gasteiger partial charge in [-0.3, -0.25) is 10.1 Å². The van der Waals surface area contributed by atoms with E-state index < -0.39 is 0 Å². The molecule has 0 bridgehead atoms. The molecule has 0 spiro atoms. The van der Waals surface area contributed by atoms with Crippen LogP contribution in [0.5, 0.6) is 5.75 Å². The molecule has 0 aliphatic carbocycles. The van der Waals surface area contributed by atoms with Gasteiger partial charge in [0.05, 0.1) is 5.69 Å². The molecule has 0 aliphatic rings. The third-order valence-electron chi connectivity index (χ3n) is 3.34. The number of ether oxygens (including phenoxy) is 1. The van der Waals surface area contributed by atoms with E-state index in [1.165, 1.54) is 23.5 Å². The smallest absolute Gasteiger partial charge is 0.264 e. The highest BCUT2D eigenvalue weighted by molar-refractivity contribution is 9.10. The third kappa shape index (κ3) is 4.64. The molecule has 0 unspecified atom stereocenters. The van der Waals surface area contributed by atoms with E-state index in [4.69, 9.17) is 4.74 Å². The lowest BCUT2D eigenvalue weighted by molar-refractivity contribution is -0.118. The number of nitrogens with zero attached hydrogens (tertiary/aromatic N) is 1. The summed E-state index contributed by atoms with van der Waals surface area (Å²) in [7, 11) is 0. The van der Waals surface area contributed by atoms with Crippen molar-refractivity contribution in [2.75, 3.05) is 11.9 Å². The summed E-state index contributed by atoms with van der Waals surface area (Å²) in [6.07, 6.45) is 0. The van der Waals surface area contributed by atoms with Crippen molar-refractivity contribution in [1.82, 2.24) is 4.98 Å². The lowest BCUT2D eigenvalue weighted by Crippen LogP contribution is -2.20. The fraction of sp³-hybridized carbons (Fsp3) is 0.111. The molecule has 3 aromatic rings. The molecular formula is C18H14BrFN2O2S. The van der Waals surface area contributed by atoms with Crippen LogP contribution in [0, 0.1) is 12.7 Å². The van der Waals surface area contributed by atoms with Crippen molar-refractivity contribution in [2.24, 2.45) is 0 Å². The molecule has 25 heavy (non-hydrogen) atoms. The van der Waals surface area contributed by atoms with Gasteiger partial charge < -0.3 is 4.74 Å². The van der Waals surface area contributed by atoms with Gasteiger partial charge in [-0.05, 0) is 55.5 Å². The summed E-state index contributed by atoms with van der Waals surface area (Å²) >= 11 is 4.71. The molecule has 0 radical (unpaired) electrons. The van der Waals surface area contributed by atoms with Crippen LogP contribution in [0.4, 0.5) is 9.52 Å². The molecular weight excluding hydrogens is 407 g/mol. The van der Waals surface area contributed by atoms with E-state index in [0.717, 1.165) is 20.6 Å². The van der Waals surface area contributed by atoms with Gasteiger partial charge in [-0.25, -0.2) is 9.37 Å². The monoisotopic (exact) mass is 420 g/mol. The molecule has 0 fully saturated rings. The molecule has 1 heterocycles. The summed E-state index contributed by atoms with van der Waals surface area (Å²) in [4.78, 5) is 17.4. The number of aromatic nitrogens is 1. The molecule has 1 amide bonds. The zero-order valence-electron chi connectivity index (χ0n) is 13.3. The maximum absolute atomic E-state index is 13.0. The van der Waals surface area contributed by atoms with E-state index in [9.17, 15) is 9.18 Å². The van der Waals surface area contributed by atoms with Crippen LogP contribution in [0.1, 0.15) is 4.88 Å². The number of carbonyl (C=O) groups excluding carboxylic acids is 1. The number of anilines is 1. The van der Waals surface area contributed by atoms with Gasteiger partial charge in [-0.2, -0.15) is 0 Å². The molecule has 128 valence electrons. The van der Waals surface area contributed by atoms with Crippen molar-refractivity contribution in [1.29, 1.82) is 0 Å². The quantitative estimate of drug-likeness (QED) is 0.628. The third-order valence-corrected chi connectivity index (χ3v) is 4.76. The van der Waals surface area contributed by atoms with Crippen LogP contribution in [0.2, 0.25) is 0 Å². The van der Waals surface area contributed by atoms with Crippen molar-refractivity contribution in [2.45, 2.75) is 6.92 Å². The highest BCUT2D eigenvalue weighted by Gasteiger charge is 2.12.